The fraction of sp³-hybridized carbons (Fsp3) is 0.258. The molecule has 1 aliphatic rings. The van der Waals surface area contributed by atoms with Gasteiger partial charge in [0.15, 0.2) is 9.84 Å². The number of nitrogens with zero attached hydrogens (tertiary/aromatic N) is 1. The molecule has 5 rings (SSSR count). The molecule has 1 aromatic heterocycles. The van der Waals surface area contributed by atoms with E-state index in [1.807, 2.05) is 6.07 Å². The second kappa shape index (κ2) is 13.0. The molecule has 0 bridgehead atoms. The van der Waals surface area contributed by atoms with E-state index in [0.29, 0.717) is 35.8 Å². The predicted octanol–water partition coefficient (Wildman–Crippen LogP) is 3.69. The molecule has 0 aliphatic carbocycles. The van der Waals surface area contributed by atoms with Crippen LogP contribution in [0.2, 0.25) is 5.02 Å². The van der Waals surface area contributed by atoms with Crippen LogP contribution in [0.25, 0.3) is 0 Å². The molecule has 0 saturated heterocycles. The maximum atomic E-state index is 13.4. The Balaban J connectivity index is 1.36. The molecule has 0 fully saturated rings. The molecule has 2 amide bonds. The Kier molecular flexibility index (Phi) is 9.14. The number of rotatable bonds is 11. The molecule has 0 spiro atoms. The van der Waals surface area contributed by atoms with Gasteiger partial charge in [-0.15, -0.1) is 0 Å². The Morgan fingerprint density at radius 3 is 2.42 bits per heavy atom. The molecule has 43 heavy (non-hydrogen) atoms. The molecule has 12 heteroatoms. The van der Waals surface area contributed by atoms with E-state index < -0.39 is 27.7 Å². The van der Waals surface area contributed by atoms with E-state index in [-0.39, 0.29) is 23.4 Å². The lowest BCUT2D eigenvalue weighted by Crippen LogP contribution is -2.46. The Morgan fingerprint density at radius 1 is 1.07 bits per heavy atom. The number of sulfone groups is 1. The van der Waals surface area contributed by atoms with E-state index in [4.69, 9.17) is 22.1 Å². The van der Waals surface area contributed by atoms with Crippen LogP contribution in [-0.2, 0) is 27.5 Å². The first-order valence-corrected chi connectivity index (χ1v) is 16.0. The highest BCUT2D eigenvalue weighted by molar-refractivity contribution is 7.90. The summed E-state index contributed by atoms with van der Waals surface area (Å²) >= 11 is 5.97. The first kappa shape index (κ1) is 30.3. The third-order valence-corrected chi connectivity index (χ3v) is 8.79. The van der Waals surface area contributed by atoms with Gasteiger partial charge in [-0.05, 0) is 47.9 Å². The predicted molar refractivity (Wildman–Crippen MR) is 163 cm³/mol. The van der Waals surface area contributed by atoms with Gasteiger partial charge < -0.3 is 26.1 Å². The maximum Gasteiger partial charge on any atom is 0.255 e. The highest BCUT2D eigenvalue weighted by Gasteiger charge is 2.30. The minimum absolute atomic E-state index is 0.166. The summed E-state index contributed by atoms with van der Waals surface area (Å²) in [5.74, 6) is -0.675. The third-order valence-electron chi connectivity index (χ3n) is 7.41. The van der Waals surface area contributed by atoms with Gasteiger partial charge in [0.05, 0.1) is 35.1 Å². The fourth-order valence-electron chi connectivity index (χ4n) is 5.16. The van der Waals surface area contributed by atoms with Crippen molar-refractivity contribution in [1.82, 2.24) is 20.6 Å². The largest absolute Gasteiger partial charge is 0.492 e. The number of carbonyl (C=O) groups is 2. The van der Waals surface area contributed by atoms with E-state index >= 15 is 0 Å². The van der Waals surface area contributed by atoms with Crippen LogP contribution in [0.4, 0.5) is 0 Å². The number of nitrogens with two attached hydrogens (primary N) is 1. The molecule has 5 N–H and O–H groups in total. The molecule has 3 aromatic carbocycles. The van der Waals surface area contributed by atoms with Gasteiger partial charge in [0.1, 0.15) is 11.8 Å². The van der Waals surface area contributed by atoms with Crippen molar-refractivity contribution in [3.63, 3.8) is 0 Å². The Labute approximate surface area is 254 Å². The van der Waals surface area contributed by atoms with E-state index in [1.54, 1.807) is 73.2 Å². The second-order valence-electron chi connectivity index (χ2n) is 10.5. The van der Waals surface area contributed by atoms with Crippen molar-refractivity contribution >= 4 is 33.3 Å². The van der Waals surface area contributed by atoms with Crippen LogP contribution < -0.4 is 21.1 Å². The molecule has 4 aromatic rings. The maximum absolute atomic E-state index is 13.4. The van der Waals surface area contributed by atoms with Crippen LogP contribution in [0.3, 0.4) is 0 Å². The van der Waals surface area contributed by atoms with Crippen LogP contribution in [0.5, 0.6) is 5.75 Å². The lowest BCUT2D eigenvalue weighted by Gasteiger charge is -2.31. The number of H-pyrrole nitrogens is 1. The zero-order valence-corrected chi connectivity index (χ0v) is 25.0. The van der Waals surface area contributed by atoms with Crippen LogP contribution in [0.1, 0.15) is 51.2 Å². The molecule has 224 valence electrons. The van der Waals surface area contributed by atoms with Crippen LogP contribution >= 0.6 is 11.6 Å². The Hall–Kier alpha value is -4.19. The smallest absolute Gasteiger partial charge is 0.255 e. The number of fused-ring (bicyclic) bond motifs is 1. The second-order valence-corrected chi connectivity index (χ2v) is 13.0. The Bertz CT molecular complexity index is 1690. The van der Waals surface area contributed by atoms with Gasteiger partial charge in [0, 0.05) is 41.9 Å². The standard InChI is InChI=1S/C31H32ClN5O5S/c1-43(40,41)22-11-7-20(8-12-22)15-26(28-17-34-18-35-28)36-25-13-14-42-29-23(25)3-2-4-24(29)31(39)37-27(30(33)38)16-19-5-9-21(32)10-6-19/h2-12,17-18,25-27,36H,13-16H2,1H3,(H2,33,38)(H,34,35)(H,37,39)/t25?,26-,27-/m0/s1. The highest BCUT2D eigenvalue weighted by atomic mass is 35.5. The Morgan fingerprint density at radius 2 is 1.77 bits per heavy atom. The van der Waals surface area contributed by atoms with Crippen molar-refractivity contribution in [2.75, 3.05) is 12.9 Å². The lowest BCUT2D eigenvalue weighted by molar-refractivity contribution is -0.119. The summed E-state index contributed by atoms with van der Waals surface area (Å²) in [4.78, 5) is 33.3. The fourth-order valence-corrected chi connectivity index (χ4v) is 5.92. The number of carbonyl (C=O) groups excluding carboxylic acids is 2. The summed E-state index contributed by atoms with van der Waals surface area (Å²) in [6, 6.07) is 17.9. The van der Waals surface area contributed by atoms with Gasteiger partial charge >= 0.3 is 0 Å². The summed E-state index contributed by atoms with van der Waals surface area (Å²) in [7, 11) is -3.30. The number of benzene rings is 3. The van der Waals surface area contributed by atoms with E-state index in [1.165, 1.54) is 6.26 Å². The topological polar surface area (TPSA) is 156 Å². The SMILES string of the molecule is CS(=O)(=O)c1ccc(C[C@H](NC2CCOc3c(C(=O)N[C@@H](Cc4ccc(Cl)cc4)C(N)=O)cccc32)c2cnc[nH]2)cc1. The number of ether oxygens (including phenoxy) is 1. The van der Waals surface area contributed by atoms with Crippen molar-refractivity contribution in [3.8, 4) is 5.75 Å². The number of para-hydroxylation sites is 1. The van der Waals surface area contributed by atoms with Crippen LogP contribution in [-0.4, -0.2) is 49.1 Å². The van der Waals surface area contributed by atoms with Gasteiger partial charge in [-0.3, -0.25) is 9.59 Å². The van der Waals surface area contributed by atoms with Gasteiger partial charge in [-0.1, -0.05) is 48.0 Å². The van der Waals surface area contributed by atoms with Crippen molar-refractivity contribution in [1.29, 1.82) is 0 Å². The van der Waals surface area contributed by atoms with E-state index in [0.717, 1.165) is 22.4 Å². The average molecular weight is 622 g/mol. The molecule has 10 nitrogen and oxygen atoms in total. The summed E-state index contributed by atoms with van der Waals surface area (Å²) < 4.78 is 29.8. The third kappa shape index (κ3) is 7.42. The summed E-state index contributed by atoms with van der Waals surface area (Å²) in [5, 5.41) is 7.02. The minimum Gasteiger partial charge on any atom is -0.492 e. The number of hydrogen-bond donors (Lipinski definition) is 4. The quantitative estimate of drug-likeness (QED) is 0.199. The zero-order chi connectivity index (χ0) is 30.6. The minimum atomic E-state index is -3.30. The molecule has 1 aliphatic heterocycles. The summed E-state index contributed by atoms with van der Waals surface area (Å²) in [5.41, 5.74) is 9.36. The molecular formula is C31H32ClN5O5S. The van der Waals surface area contributed by atoms with Gasteiger partial charge in [-0.25, -0.2) is 13.4 Å². The van der Waals surface area contributed by atoms with Crippen molar-refractivity contribution < 1.29 is 22.7 Å². The van der Waals surface area contributed by atoms with Crippen molar-refractivity contribution in [3.05, 3.63) is 112 Å². The molecule has 0 saturated carbocycles. The number of hydrogen-bond acceptors (Lipinski definition) is 7. The number of imidazole rings is 1. The molecule has 2 heterocycles. The van der Waals surface area contributed by atoms with Gasteiger partial charge in [0.25, 0.3) is 5.91 Å². The summed E-state index contributed by atoms with van der Waals surface area (Å²) in [6.07, 6.45) is 5.96. The molecule has 1 unspecified atom stereocenters. The molecule has 0 radical (unpaired) electrons. The number of aromatic amines is 1. The number of nitrogens with one attached hydrogen (secondary N) is 3. The average Bonchev–Trinajstić information content (AvgIpc) is 3.52. The lowest BCUT2D eigenvalue weighted by atomic mass is 9.94. The molecular weight excluding hydrogens is 590 g/mol. The first-order chi connectivity index (χ1) is 20.6. The zero-order valence-electron chi connectivity index (χ0n) is 23.4. The van der Waals surface area contributed by atoms with Crippen LogP contribution in [0, 0.1) is 0 Å². The van der Waals surface area contributed by atoms with Gasteiger partial charge in [-0.2, -0.15) is 0 Å². The molecule has 3 atom stereocenters. The van der Waals surface area contributed by atoms with Gasteiger partial charge in [0.2, 0.25) is 5.91 Å². The van der Waals surface area contributed by atoms with E-state index in [2.05, 4.69) is 20.6 Å². The van der Waals surface area contributed by atoms with Crippen molar-refractivity contribution in [2.45, 2.75) is 42.3 Å². The van der Waals surface area contributed by atoms with Crippen LogP contribution in [0.15, 0.2) is 84.1 Å². The highest BCUT2D eigenvalue weighted by Crippen LogP contribution is 2.37. The normalized spacial score (nSPS) is 16.0. The first-order valence-electron chi connectivity index (χ1n) is 13.7. The number of halogens is 1. The number of primary amides is 1. The summed E-state index contributed by atoms with van der Waals surface area (Å²) in [6.45, 7) is 0.373. The van der Waals surface area contributed by atoms with Crippen molar-refractivity contribution in [2.24, 2.45) is 5.73 Å². The van der Waals surface area contributed by atoms with E-state index in [9.17, 15) is 18.0 Å². The monoisotopic (exact) mass is 621 g/mol. The number of aromatic nitrogens is 2. The number of amides is 2.